The van der Waals surface area contributed by atoms with Gasteiger partial charge < -0.3 is 10.6 Å². The van der Waals surface area contributed by atoms with Gasteiger partial charge in [-0.2, -0.15) is 5.10 Å². The molecule has 1 aliphatic rings. The molecule has 118 valence electrons. The van der Waals surface area contributed by atoms with Gasteiger partial charge in [0, 0.05) is 24.0 Å². The van der Waals surface area contributed by atoms with Gasteiger partial charge in [0.05, 0.1) is 5.69 Å². The van der Waals surface area contributed by atoms with Crippen molar-refractivity contribution in [2.24, 2.45) is 0 Å². The predicted molar refractivity (Wildman–Crippen MR) is 89.1 cm³/mol. The largest absolute Gasteiger partial charge is 0.348 e. The second-order valence-corrected chi connectivity index (χ2v) is 5.49. The fourth-order valence-electron chi connectivity index (χ4n) is 2.66. The highest BCUT2D eigenvalue weighted by molar-refractivity contribution is 6.04. The van der Waals surface area contributed by atoms with Gasteiger partial charge in [-0.1, -0.05) is 24.3 Å². The van der Waals surface area contributed by atoms with Crippen molar-refractivity contribution in [3.63, 3.8) is 0 Å². The maximum atomic E-state index is 12.4. The van der Waals surface area contributed by atoms with Crippen molar-refractivity contribution >= 4 is 17.5 Å². The molecule has 2 aromatic carbocycles. The highest BCUT2D eigenvalue weighted by atomic mass is 16.2. The standard InChI is InChI=1S/C18H14N4O2/c23-17-15-10-13(7-6-12(15)11-19-17)20-18(24)16-8-9-22(21-16)14-4-2-1-3-5-14/h1-10H,11H2,(H,19,23)(H,20,24). The Labute approximate surface area is 138 Å². The molecular weight excluding hydrogens is 304 g/mol. The molecule has 2 amide bonds. The Bertz CT molecular complexity index is 931. The molecule has 1 aromatic heterocycles. The molecule has 3 aromatic rings. The summed E-state index contributed by atoms with van der Waals surface area (Å²) in [5.74, 6) is -0.433. The van der Waals surface area contributed by atoms with E-state index < -0.39 is 0 Å². The number of fused-ring (bicyclic) bond motifs is 1. The molecule has 2 heterocycles. The van der Waals surface area contributed by atoms with E-state index in [0.29, 0.717) is 23.5 Å². The molecule has 0 atom stereocenters. The van der Waals surface area contributed by atoms with Crippen LogP contribution < -0.4 is 10.6 Å². The Kier molecular flexibility index (Phi) is 3.35. The quantitative estimate of drug-likeness (QED) is 0.778. The number of carbonyl (C=O) groups is 2. The van der Waals surface area contributed by atoms with Crippen molar-refractivity contribution in [1.29, 1.82) is 0 Å². The molecule has 2 N–H and O–H groups in total. The van der Waals surface area contributed by atoms with E-state index in [4.69, 9.17) is 0 Å². The molecule has 0 saturated heterocycles. The number of rotatable bonds is 3. The van der Waals surface area contributed by atoms with E-state index in [1.807, 2.05) is 36.4 Å². The summed E-state index contributed by atoms with van der Waals surface area (Å²) in [5, 5.41) is 9.82. The molecule has 1 aliphatic heterocycles. The number of hydrogen-bond donors (Lipinski definition) is 2. The van der Waals surface area contributed by atoms with Crippen LogP contribution >= 0.6 is 0 Å². The third kappa shape index (κ3) is 2.54. The molecule has 0 spiro atoms. The van der Waals surface area contributed by atoms with Crippen molar-refractivity contribution in [3.8, 4) is 5.69 Å². The van der Waals surface area contributed by atoms with E-state index in [1.54, 1.807) is 29.1 Å². The first-order valence-electron chi connectivity index (χ1n) is 7.54. The number of amides is 2. The van der Waals surface area contributed by atoms with Crippen LogP contribution in [0.2, 0.25) is 0 Å². The molecule has 0 radical (unpaired) electrons. The minimum Gasteiger partial charge on any atom is -0.348 e. The van der Waals surface area contributed by atoms with Gasteiger partial charge in [0.25, 0.3) is 11.8 Å². The first kappa shape index (κ1) is 14.2. The first-order valence-corrected chi connectivity index (χ1v) is 7.54. The second kappa shape index (κ2) is 5.66. The summed E-state index contributed by atoms with van der Waals surface area (Å²) >= 11 is 0. The molecular formula is C18H14N4O2. The summed E-state index contributed by atoms with van der Waals surface area (Å²) in [7, 11) is 0. The zero-order valence-corrected chi connectivity index (χ0v) is 12.7. The van der Waals surface area contributed by atoms with Crippen LogP contribution in [0.4, 0.5) is 5.69 Å². The van der Waals surface area contributed by atoms with Crippen LogP contribution in [0, 0.1) is 0 Å². The third-order valence-electron chi connectivity index (χ3n) is 3.89. The Morgan fingerprint density at radius 1 is 1.12 bits per heavy atom. The molecule has 6 heteroatoms. The lowest BCUT2D eigenvalue weighted by Gasteiger charge is -2.05. The van der Waals surface area contributed by atoms with Crippen LogP contribution in [0.15, 0.2) is 60.8 Å². The van der Waals surface area contributed by atoms with Crippen LogP contribution in [0.5, 0.6) is 0 Å². The van der Waals surface area contributed by atoms with Crippen LogP contribution in [0.3, 0.4) is 0 Å². The average Bonchev–Trinajstić information content (AvgIpc) is 3.24. The summed E-state index contributed by atoms with van der Waals surface area (Å²) < 4.78 is 1.64. The van der Waals surface area contributed by atoms with Gasteiger partial charge in [-0.25, -0.2) is 4.68 Å². The zero-order valence-electron chi connectivity index (χ0n) is 12.7. The Balaban J connectivity index is 1.54. The maximum Gasteiger partial charge on any atom is 0.276 e. The average molecular weight is 318 g/mol. The summed E-state index contributed by atoms with van der Waals surface area (Å²) in [6, 6.07) is 16.5. The number of aromatic nitrogens is 2. The van der Waals surface area contributed by atoms with E-state index in [2.05, 4.69) is 15.7 Å². The number of nitrogens with one attached hydrogen (secondary N) is 2. The number of hydrogen-bond acceptors (Lipinski definition) is 3. The maximum absolute atomic E-state index is 12.4. The highest BCUT2D eigenvalue weighted by Gasteiger charge is 2.19. The molecule has 0 fully saturated rings. The molecule has 4 rings (SSSR count). The van der Waals surface area contributed by atoms with Gasteiger partial charge in [0.1, 0.15) is 0 Å². The van der Waals surface area contributed by atoms with Gasteiger partial charge >= 0.3 is 0 Å². The molecule has 24 heavy (non-hydrogen) atoms. The Morgan fingerprint density at radius 2 is 1.96 bits per heavy atom. The van der Waals surface area contributed by atoms with Gasteiger partial charge in [-0.3, -0.25) is 9.59 Å². The third-order valence-corrected chi connectivity index (χ3v) is 3.89. The minimum atomic E-state index is -0.317. The Hall–Kier alpha value is -3.41. The minimum absolute atomic E-state index is 0.116. The number of carbonyl (C=O) groups excluding carboxylic acids is 2. The SMILES string of the molecule is O=C(Nc1ccc2c(c1)C(=O)NC2)c1ccn(-c2ccccc2)n1. The lowest BCUT2D eigenvalue weighted by atomic mass is 10.1. The number of benzene rings is 2. The second-order valence-electron chi connectivity index (χ2n) is 5.49. The van der Waals surface area contributed by atoms with Crippen molar-refractivity contribution in [2.75, 3.05) is 5.32 Å². The van der Waals surface area contributed by atoms with Crippen LogP contribution in [0.25, 0.3) is 5.69 Å². The van der Waals surface area contributed by atoms with Crippen molar-refractivity contribution < 1.29 is 9.59 Å². The lowest BCUT2D eigenvalue weighted by Crippen LogP contribution is -2.14. The van der Waals surface area contributed by atoms with Crippen molar-refractivity contribution in [3.05, 3.63) is 77.6 Å². The van der Waals surface area contributed by atoms with Gasteiger partial charge in [0.15, 0.2) is 5.69 Å². The highest BCUT2D eigenvalue weighted by Crippen LogP contribution is 2.20. The number of para-hydroxylation sites is 1. The van der Waals surface area contributed by atoms with Crippen molar-refractivity contribution in [1.82, 2.24) is 15.1 Å². The van der Waals surface area contributed by atoms with Gasteiger partial charge in [-0.05, 0) is 35.9 Å². The van der Waals surface area contributed by atoms with E-state index in [9.17, 15) is 9.59 Å². The normalized spacial score (nSPS) is 12.6. The smallest absolute Gasteiger partial charge is 0.276 e. The zero-order chi connectivity index (χ0) is 16.5. The van der Waals surface area contributed by atoms with E-state index in [-0.39, 0.29) is 11.8 Å². The molecule has 0 unspecified atom stereocenters. The summed E-state index contributed by atoms with van der Waals surface area (Å²) in [6.45, 7) is 0.532. The fraction of sp³-hybridized carbons (Fsp3) is 0.0556. The monoisotopic (exact) mass is 318 g/mol. The summed E-state index contributed by atoms with van der Waals surface area (Å²) in [6.07, 6.45) is 1.74. The summed E-state index contributed by atoms with van der Waals surface area (Å²) in [4.78, 5) is 24.0. The van der Waals surface area contributed by atoms with Gasteiger partial charge in [-0.15, -0.1) is 0 Å². The molecule has 0 saturated carbocycles. The predicted octanol–water partition coefficient (Wildman–Crippen LogP) is 2.37. The summed E-state index contributed by atoms with van der Waals surface area (Å²) in [5.41, 5.74) is 3.30. The molecule has 6 nitrogen and oxygen atoms in total. The van der Waals surface area contributed by atoms with Crippen LogP contribution in [-0.2, 0) is 6.54 Å². The van der Waals surface area contributed by atoms with E-state index in [1.165, 1.54) is 0 Å². The lowest BCUT2D eigenvalue weighted by molar-refractivity contribution is 0.0964. The van der Waals surface area contributed by atoms with Crippen molar-refractivity contribution in [2.45, 2.75) is 6.54 Å². The van der Waals surface area contributed by atoms with Crippen LogP contribution in [-0.4, -0.2) is 21.6 Å². The molecule has 0 aliphatic carbocycles. The number of nitrogens with zero attached hydrogens (tertiary/aromatic N) is 2. The first-order chi connectivity index (χ1) is 11.7. The number of anilines is 1. The van der Waals surface area contributed by atoms with Gasteiger partial charge in [0.2, 0.25) is 0 Å². The Morgan fingerprint density at radius 3 is 2.79 bits per heavy atom. The topological polar surface area (TPSA) is 76.0 Å². The van der Waals surface area contributed by atoms with Crippen LogP contribution in [0.1, 0.15) is 26.4 Å². The van der Waals surface area contributed by atoms with E-state index in [0.717, 1.165) is 11.3 Å². The fourth-order valence-corrected chi connectivity index (χ4v) is 2.66. The van der Waals surface area contributed by atoms with E-state index >= 15 is 0 Å². The molecule has 0 bridgehead atoms.